The number of rotatable bonds is 3. The molecule has 3 N–H and O–H groups in total. The number of guanidine groups is 1. The van der Waals surface area contributed by atoms with Crippen molar-refractivity contribution in [3.63, 3.8) is 0 Å². The summed E-state index contributed by atoms with van der Waals surface area (Å²) in [5.41, 5.74) is 9.46. The van der Waals surface area contributed by atoms with Crippen LogP contribution >= 0.6 is 24.0 Å². The number of nitrogens with one attached hydrogen (secondary N) is 1. The maximum Gasteiger partial charge on any atom is 0.193 e. The molecule has 0 amide bonds. The quantitative estimate of drug-likeness (QED) is 0.464. The fourth-order valence-corrected chi connectivity index (χ4v) is 2.88. The SMILES string of the molecule is Cc1cc(C)cc(NC(N)=NCC2CCCN(C)C2)c1.I. The summed E-state index contributed by atoms with van der Waals surface area (Å²) in [5.74, 6) is 1.15. The second-order valence-electron chi connectivity index (χ2n) is 6.00. The van der Waals surface area contributed by atoms with Gasteiger partial charge in [0.15, 0.2) is 5.96 Å². The average molecular weight is 402 g/mol. The summed E-state index contributed by atoms with van der Waals surface area (Å²) < 4.78 is 0. The lowest BCUT2D eigenvalue weighted by atomic mass is 9.99. The van der Waals surface area contributed by atoms with Gasteiger partial charge in [0.05, 0.1) is 0 Å². The van der Waals surface area contributed by atoms with E-state index in [0.717, 1.165) is 18.8 Å². The van der Waals surface area contributed by atoms with Crippen molar-refractivity contribution in [2.45, 2.75) is 26.7 Å². The van der Waals surface area contributed by atoms with Crippen molar-refractivity contribution in [2.24, 2.45) is 16.6 Å². The summed E-state index contributed by atoms with van der Waals surface area (Å²) in [6.45, 7) is 7.32. The minimum Gasteiger partial charge on any atom is -0.370 e. The third kappa shape index (κ3) is 6.22. The number of anilines is 1. The molecule has 21 heavy (non-hydrogen) atoms. The first-order chi connectivity index (χ1) is 9.52. The number of piperidine rings is 1. The van der Waals surface area contributed by atoms with E-state index in [2.05, 4.69) is 54.3 Å². The van der Waals surface area contributed by atoms with Crippen molar-refractivity contribution in [3.05, 3.63) is 29.3 Å². The zero-order valence-electron chi connectivity index (χ0n) is 13.2. The number of likely N-dealkylation sites (tertiary alicyclic amines) is 1. The van der Waals surface area contributed by atoms with Gasteiger partial charge in [-0.3, -0.25) is 4.99 Å². The summed E-state index contributed by atoms with van der Waals surface area (Å²) in [4.78, 5) is 6.87. The van der Waals surface area contributed by atoms with Gasteiger partial charge in [-0.2, -0.15) is 0 Å². The Morgan fingerprint density at radius 1 is 1.33 bits per heavy atom. The molecule has 2 rings (SSSR count). The number of hydrogen-bond acceptors (Lipinski definition) is 2. The molecule has 0 saturated carbocycles. The topological polar surface area (TPSA) is 53.6 Å². The first-order valence-electron chi connectivity index (χ1n) is 7.36. The lowest BCUT2D eigenvalue weighted by Gasteiger charge is -2.28. The monoisotopic (exact) mass is 402 g/mol. The van der Waals surface area contributed by atoms with Crippen LogP contribution in [-0.4, -0.2) is 37.5 Å². The van der Waals surface area contributed by atoms with E-state index in [0.29, 0.717) is 11.9 Å². The largest absolute Gasteiger partial charge is 0.370 e. The van der Waals surface area contributed by atoms with Crippen molar-refractivity contribution < 1.29 is 0 Å². The third-order valence-corrected chi connectivity index (χ3v) is 3.74. The van der Waals surface area contributed by atoms with Crippen molar-refractivity contribution in [1.82, 2.24) is 4.90 Å². The average Bonchev–Trinajstić information content (AvgIpc) is 2.35. The summed E-state index contributed by atoms with van der Waals surface area (Å²) >= 11 is 0. The second kappa shape index (κ2) is 8.58. The Balaban J connectivity index is 0.00000220. The van der Waals surface area contributed by atoms with Gasteiger partial charge in [-0.1, -0.05) is 6.07 Å². The van der Waals surface area contributed by atoms with Gasteiger partial charge in [-0.05, 0) is 69.5 Å². The fourth-order valence-electron chi connectivity index (χ4n) is 2.88. The van der Waals surface area contributed by atoms with Crippen LogP contribution in [-0.2, 0) is 0 Å². The summed E-state index contributed by atoms with van der Waals surface area (Å²) in [5, 5.41) is 3.19. The molecule has 118 valence electrons. The third-order valence-electron chi connectivity index (χ3n) is 3.74. The predicted molar refractivity (Wildman–Crippen MR) is 102 cm³/mol. The number of benzene rings is 1. The minimum absolute atomic E-state index is 0. The van der Waals surface area contributed by atoms with E-state index in [1.54, 1.807) is 0 Å². The standard InChI is InChI=1S/C16H26N4.HI/c1-12-7-13(2)9-15(8-12)19-16(17)18-10-14-5-4-6-20(3)11-14;/h7-9,14H,4-6,10-11H2,1-3H3,(H3,17,18,19);1H. The van der Waals surface area contributed by atoms with Crippen LogP contribution in [0.5, 0.6) is 0 Å². The van der Waals surface area contributed by atoms with Gasteiger partial charge in [-0.25, -0.2) is 0 Å². The highest BCUT2D eigenvalue weighted by Crippen LogP contribution is 2.16. The van der Waals surface area contributed by atoms with E-state index >= 15 is 0 Å². The molecule has 0 spiro atoms. The van der Waals surface area contributed by atoms with Crippen LogP contribution in [0.4, 0.5) is 5.69 Å². The van der Waals surface area contributed by atoms with Crippen molar-refractivity contribution in [2.75, 3.05) is 32.0 Å². The highest BCUT2D eigenvalue weighted by atomic mass is 127. The smallest absolute Gasteiger partial charge is 0.193 e. The zero-order valence-corrected chi connectivity index (χ0v) is 15.6. The molecular weight excluding hydrogens is 375 g/mol. The first kappa shape index (κ1) is 18.2. The number of halogens is 1. The van der Waals surface area contributed by atoms with Crippen molar-refractivity contribution in [3.8, 4) is 0 Å². The molecule has 4 nitrogen and oxygen atoms in total. The molecule has 0 aliphatic carbocycles. The zero-order chi connectivity index (χ0) is 14.5. The molecule has 1 heterocycles. The van der Waals surface area contributed by atoms with E-state index in [4.69, 9.17) is 5.73 Å². The van der Waals surface area contributed by atoms with Crippen LogP contribution in [0.1, 0.15) is 24.0 Å². The Morgan fingerprint density at radius 2 is 2.00 bits per heavy atom. The van der Waals surface area contributed by atoms with Crippen molar-refractivity contribution >= 4 is 35.6 Å². The van der Waals surface area contributed by atoms with Crippen LogP contribution in [0.25, 0.3) is 0 Å². The van der Waals surface area contributed by atoms with E-state index in [9.17, 15) is 0 Å². The number of aliphatic imine (C=N–C) groups is 1. The normalized spacial score (nSPS) is 20.0. The fraction of sp³-hybridized carbons (Fsp3) is 0.562. The minimum atomic E-state index is 0. The molecule has 1 aromatic carbocycles. The maximum atomic E-state index is 5.98. The highest BCUT2D eigenvalue weighted by Gasteiger charge is 2.16. The molecule has 5 heteroatoms. The first-order valence-corrected chi connectivity index (χ1v) is 7.36. The van der Waals surface area contributed by atoms with E-state index in [-0.39, 0.29) is 24.0 Å². The van der Waals surface area contributed by atoms with Gasteiger partial charge in [-0.15, -0.1) is 24.0 Å². The Kier molecular flexibility index (Phi) is 7.45. The summed E-state index contributed by atoms with van der Waals surface area (Å²) in [6, 6.07) is 6.32. The second-order valence-corrected chi connectivity index (χ2v) is 6.00. The van der Waals surface area contributed by atoms with Crippen LogP contribution in [0.2, 0.25) is 0 Å². The molecule has 1 saturated heterocycles. The molecule has 1 aromatic rings. The van der Waals surface area contributed by atoms with E-state index in [1.165, 1.54) is 30.5 Å². The van der Waals surface area contributed by atoms with E-state index in [1.807, 2.05) is 0 Å². The number of nitrogens with two attached hydrogens (primary N) is 1. The van der Waals surface area contributed by atoms with Crippen LogP contribution < -0.4 is 11.1 Å². The van der Waals surface area contributed by atoms with Gasteiger partial charge in [0.25, 0.3) is 0 Å². The number of aryl methyl sites for hydroxylation is 2. The van der Waals surface area contributed by atoms with Gasteiger partial charge in [0.2, 0.25) is 0 Å². The Labute approximate surface area is 145 Å². The molecule has 1 atom stereocenters. The highest BCUT2D eigenvalue weighted by molar-refractivity contribution is 14.0. The van der Waals surface area contributed by atoms with E-state index < -0.39 is 0 Å². The van der Waals surface area contributed by atoms with Gasteiger partial charge < -0.3 is 16.0 Å². The van der Waals surface area contributed by atoms with Gasteiger partial charge in [0, 0.05) is 18.8 Å². The van der Waals surface area contributed by atoms with Crippen LogP contribution in [0, 0.1) is 19.8 Å². The summed E-state index contributed by atoms with van der Waals surface area (Å²) in [7, 11) is 2.17. The molecule has 1 aliphatic rings. The molecule has 1 unspecified atom stereocenters. The maximum absolute atomic E-state index is 5.98. The Hall–Kier alpha value is -0.820. The molecular formula is C16H27IN4. The summed E-state index contributed by atoms with van der Waals surface area (Å²) in [6.07, 6.45) is 2.52. The van der Waals surface area contributed by atoms with Crippen molar-refractivity contribution in [1.29, 1.82) is 0 Å². The molecule has 1 aliphatic heterocycles. The predicted octanol–water partition coefficient (Wildman–Crippen LogP) is 2.99. The lowest BCUT2D eigenvalue weighted by molar-refractivity contribution is 0.214. The Morgan fingerprint density at radius 3 is 2.62 bits per heavy atom. The number of hydrogen-bond donors (Lipinski definition) is 2. The molecule has 1 fully saturated rings. The molecule has 0 aromatic heterocycles. The number of nitrogens with zero attached hydrogens (tertiary/aromatic N) is 2. The van der Waals surface area contributed by atoms with Gasteiger partial charge >= 0.3 is 0 Å². The van der Waals surface area contributed by atoms with Crippen LogP contribution in [0.3, 0.4) is 0 Å². The van der Waals surface area contributed by atoms with Crippen LogP contribution in [0.15, 0.2) is 23.2 Å². The lowest BCUT2D eigenvalue weighted by Crippen LogP contribution is -2.34. The molecule has 0 bridgehead atoms. The van der Waals surface area contributed by atoms with Gasteiger partial charge in [0.1, 0.15) is 0 Å². The Bertz CT molecular complexity index is 467. The molecule has 0 radical (unpaired) electrons.